The Labute approximate surface area is 129 Å². The molecule has 20 heavy (non-hydrogen) atoms. The highest BCUT2D eigenvalue weighted by Crippen LogP contribution is 2.25. The molecule has 1 heterocycles. The molecular formula is C17H21BrN2. The van der Waals surface area contributed by atoms with Gasteiger partial charge in [-0.3, -0.25) is 4.98 Å². The van der Waals surface area contributed by atoms with E-state index >= 15 is 0 Å². The van der Waals surface area contributed by atoms with Crippen molar-refractivity contribution < 1.29 is 0 Å². The maximum atomic E-state index is 4.52. The van der Waals surface area contributed by atoms with Gasteiger partial charge in [0.1, 0.15) is 0 Å². The molecule has 1 aromatic carbocycles. The van der Waals surface area contributed by atoms with E-state index in [-0.39, 0.29) is 0 Å². The molecule has 0 saturated heterocycles. The highest BCUT2D eigenvalue weighted by atomic mass is 79.9. The van der Waals surface area contributed by atoms with Crippen LogP contribution in [0.3, 0.4) is 0 Å². The minimum absolute atomic E-state index is 0.307. The van der Waals surface area contributed by atoms with Crippen LogP contribution < -0.4 is 5.32 Å². The summed E-state index contributed by atoms with van der Waals surface area (Å²) < 4.78 is 1.13. The lowest BCUT2D eigenvalue weighted by Crippen LogP contribution is -2.24. The Balaban J connectivity index is 2.29. The first kappa shape index (κ1) is 15.2. The summed E-state index contributed by atoms with van der Waals surface area (Å²) >= 11 is 3.53. The number of likely N-dealkylation sites (N-methyl/N-ethyl adjacent to an activating group) is 1. The Hall–Kier alpha value is -1.19. The lowest BCUT2D eigenvalue weighted by atomic mass is 9.96. The topological polar surface area (TPSA) is 24.9 Å². The molecule has 1 atom stereocenters. The highest BCUT2D eigenvalue weighted by Gasteiger charge is 2.15. The van der Waals surface area contributed by atoms with Gasteiger partial charge in [-0.15, -0.1) is 0 Å². The Kier molecular flexibility index (Phi) is 5.32. The summed E-state index contributed by atoms with van der Waals surface area (Å²) in [5.74, 6) is 0. The molecule has 1 aromatic heterocycles. The summed E-state index contributed by atoms with van der Waals surface area (Å²) in [5.41, 5.74) is 5.07. The van der Waals surface area contributed by atoms with E-state index in [0.717, 1.165) is 17.4 Å². The molecule has 0 radical (unpaired) electrons. The van der Waals surface area contributed by atoms with Crippen LogP contribution in [0.4, 0.5) is 0 Å². The first-order valence-corrected chi connectivity index (χ1v) is 7.81. The van der Waals surface area contributed by atoms with Gasteiger partial charge in [0, 0.05) is 28.8 Å². The van der Waals surface area contributed by atoms with Crippen molar-refractivity contribution in [3.05, 3.63) is 63.4 Å². The number of pyridine rings is 1. The molecule has 0 fully saturated rings. The number of nitrogens with one attached hydrogen (secondary N) is 1. The highest BCUT2D eigenvalue weighted by molar-refractivity contribution is 9.10. The van der Waals surface area contributed by atoms with Gasteiger partial charge in [-0.25, -0.2) is 0 Å². The fourth-order valence-corrected chi connectivity index (χ4v) is 2.97. The van der Waals surface area contributed by atoms with Crippen molar-refractivity contribution in [3.63, 3.8) is 0 Å². The zero-order valence-electron chi connectivity index (χ0n) is 12.3. The van der Waals surface area contributed by atoms with Crippen LogP contribution in [0.15, 0.2) is 41.0 Å². The van der Waals surface area contributed by atoms with Crippen LogP contribution in [0.1, 0.15) is 35.3 Å². The molecule has 2 rings (SSSR count). The van der Waals surface area contributed by atoms with Gasteiger partial charge >= 0.3 is 0 Å². The van der Waals surface area contributed by atoms with Gasteiger partial charge in [0.25, 0.3) is 0 Å². The van der Waals surface area contributed by atoms with Crippen LogP contribution in [0.25, 0.3) is 0 Å². The molecule has 0 aliphatic rings. The second kappa shape index (κ2) is 7.00. The molecule has 1 N–H and O–H groups in total. The third kappa shape index (κ3) is 3.68. The van der Waals surface area contributed by atoms with Crippen LogP contribution in [0, 0.1) is 13.8 Å². The van der Waals surface area contributed by atoms with Gasteiger partial charge in [0.05, 0.1) is 0 Å². The number of hydrogen-bond acceptors (Lipinski definition) is 2. The van der Waals surface area contributed by atoms with Crippen molar-refractivity contribution in [2.45, 2.75) is 33.2 Å². The average Bonchev–Trinajstić information content (AvgIpc) is 2.41. The minimum Gasteiger partial charge on any atom is -0.310 e. The van der Waals surface area contributed by atoms with Crippen molar-refractivity contribution in [1.82, 2.24) is 10.3 Å². The van der Waals surface area contributed by atoms with Gasteiger partial charge in [-0.1, -0.05) is 35.0 Å². The summed E-state index contributed by atoms with van der Waals surface area (Å²) in [6.45, 7) is 7.38. The zero-order valence-corrected chi connectivity index (χ0v) is 13.9. The molecule has 0 amide bonds. The maximum absolute atomic E-state index is 4.52. The van der Waals surface area contributed by atoms with Crippen molar-refractivity contribution in [2.24, 2.45) is 0 Å². The van der Waals surface area contributed by atoms with E-state index in [0.29, 0.717) is 6.04 Å². The number of aryl methyl sites for hydroxylation is 2. The maximum Gasteiger partial charge on any atom is 0.0451 e. The van der Waals surface area contributed by atoms with Crippen molar-refractivity contribution in [1.29, 1.82) is 0 Å². The second-order valence-electron chi connectivity index (χ2n) is 5.08. The summed E-state index contributed by atoms with van der Waals surface area (Å²) in [4.78, 5) is 4.52. The average molecular weight is 333 g/mol. The standard InChI is InChI=1S/C17H21BrN2/c1-4-19-17(11-16-12(2)6-5-9-20-16)15-8-7-14(18)10-13(15)3/h5-10,17,19H,4,11H2,1-3H3. The lowest BCUT2D eigenvalue weighted by Gasteiger charge is -2.21. The van der Waals surface area contributed by atoms with Crippen molar-refractivity contribution in [2.75, 3.05) is 6.54 Å². The van der Waals surface area contributed by atoms with Crippen LogP contribution in [0.5, 0.6) is 0 Å². The molecule has 3 heteroatoms. The quantitative estimate of drug-likeness (QED) is 0.880. The monoisotopic (exact) mass is 332 g/mol. The number of hydrogen-bond donors (Lipinski definition) is 1. The zero-order chi connectivity index (χ0) is 14.5. The summed E-state index contributed by atoms with van der Waals surface area (Å²) in [5, 5.41) is 3.58. The molecule has 1 unspecified atom stereocenters. The van der Waals surface area contributed by atoms with E-state index in [1.165, 1.54) is 22.4 Å². The van der Waals surface area contributed by atoms with Gasteiger partial charge in [0.2, 0.25) is 0 Å². The normalized spacial score (nSPS) is 12.4. The molecule has 2 aromatic rings. The van der Waals surface area contributed by atoms with Crippen molar-refractivity contribution in [3.8, 4) is 0 Å². The first-order chi connectivity index (χ1) is 9.61. The molecule has 0 aliphatic heterocycles. The molecule has 2 nitrogen and oxygen atoms in total. The minimum atomic E-state index is 0.307. The van der Waals surface area contributed by atoms with Crippen LogP contribution in [-0.2, 0) is 6.42 Å². The molecule has 0 aliphatic carbocycles. The number of halogens is 1. The van der Waals surface area contributed by atoms with E-state index < -0.39 is 0 Å². The molecule has 106 valence electrons. The molecule has 0 saturated carbocycles. The van der Waals surface area contributed by atoms with E-state index in [9.17, 15) is 0 Å². The number of aromatic nitrogens is 1. The predicted octanol–water partition coefficient (Wildman–Crippen LogP) is 4.35. The molecular weight excluding hydrogens is 312 g/mol. The molecule has 0 bridgehead atoms. The summed E-state index contributed by atoms with van der Waals surface area (Å²) in [6, 6.07) is 10.9. The van der Waals surface area contributed by atoms with E-state index in [1.807, 2.05) is 12.3 Å². The van der Waals surface area contributed by atoms with Gasteiger partial charge < -0.3 is 5.32 Å². The number of rotatable bonds is 5. The first-order valence-electron chi connectivity index (χ1n) is 7.01. The Morgan fingerprint density at radius 2 is 2.00 bits per heavy atom. The Bertz CT molecular complexity index is 581. The summed E-state index contributed by atoms with van der Waals surface area (Å²) in [6.07, 6.45) is 2.79. The Morgan fingerprint density at radius 3 is 2.65 bits per heavy atom. The Morgan fingerprint density at radius 1 is 1.20 bits per heavy atom. The van der Waals surface area contributed by atoms with E-state index in [2.05, 4.69) is 71.3 Å². The third-order valence-corrected chi connectivity index (χ3v) is 4.07. The second-order valence-corrected chi connectivity index (χ2v) is 6.00. The van der Waals surface area contributed by atoms with Crippen LogP contribution in [-0.4, -0.2) is 11.5 Å². The fourth-order valence-electron chi connectivity index (χ4n) is 2.49. The fraction of sp³-hybridized carbons (Fsp3) is 0.353. The number of nitrogens with zero attached hydrogens (tertiary/aromatic N) is 1. The van der Waals surface area contributed by atoms with Crippen LogP contribution >= 0.6 is 15.9 Å². The van der Waals surface area contributed by atoms with Crippen LogP contribution in [0.2, 0.25) is 0 Å². The number of benzene rings is 1. The summed E-state index contributed by atoms with van der Waals surface area (Å²) in [7, 11) is 0. The smallest absolute Gasteiger partial charge is 0.0451 e. The van der Waals surface area contributed by atoms with Gasteiger partial charge in [0.15, 0.2) is 0 Å². The van der Waals surface area contributed by atoms with Crippen molar-refractivity contribution >= 4 is 15.9 Å². The van der Waals surface area contributed by atoms with E-state index in [1.54, 1.807) is 0 Å². The predicted molar refractivity (Wildman–Crippen MR) is 88.0 cm³/mol. The SMILES string of the molecule is CCNC(Cc1ncccc1C)c1ccc(Br)cc1C. The largest absolute Gasteiger partial charge is 0.310 e. The third-order valence-electron chi connectivity index (χ3n) is 3.57. The van der Waals surface area contributed by atoms with Gasteiger partial charge in [-0.2, -0.15) is 0 Å². The van der Waals surface area contributed by atoms with E-state index in [4.69, 9.17) is 0 Å². The lowest BCUT2D eigenvalue weighted by molar-refractivity contribution is 0.540. The molecule has 0 spiro atoms. The van der Waals surface area contributed by atoms with Gasteiger partial charge in [-0.05, 0) is 55.3 Å².